The molecule has 0 aromatic heterocycles. The van der Waals surface area contributed by atoms with E-state index in [4.69, 9.17) is 17.3 Å². The Labute approximate surface area is 98.6 Å². The Hall–Kier alpha value is -0.670. The van der Waals surface area contributed by atoms with E-state index >= 15 is 0 Å². The highest BCUT2D eigenvalue weighted by atomic mass is 35.5. The lowest BCUT2D eigenvalue weighted by molar-refractivity contribution is 0.545. The third kappa shape index (κ3) is 1.54. The van der Waals surface area contributed by atoms with E-state index in [9.17, 15) is 8.78 Å². The molecule has 88 valence electrons. The summed E-state index contributed by atoms with van der Waals surface area (Å²) in [6, 6.07) is 2.68. The largest absolute Gasteiger partial charge is 0.330 e. The van der Waals surface area contributed by atoms with Gasteiger partial charge in [-0.25, -0.2) is 8.78 Å². The lowest BCUT2D eigenvalue weighted by Gasteiger charge is -2.06. The molecule has 0 bridgehead atoms. The summed E-state index contributed by atoms with van der Waals surface area (Å²) in [5.41, 5.74) is 6.07. The van der Waals surface area contributed by atoms with E-state index in [1.165, 1.54) is 12.1 Å². The van der Waals surface area contributed by atoms with Gasteiger partial charge in [0.1, 0.15) is 16.7 Å². The Morgan fingerprint density at radius 2 is 2.00 bits per heavy atom. The van der Waals surface area contributed by atoms with E-state index in [-0.39, 0.29) is 17.3 Å². The number of nitrogens with two attached hydrogens (primary N) is 1. The molecule has 0 aliphatic heterocycles. The third-order valence-electron chi connectivity index (χ3n) is 3.70. The van der Waals surface area contributed by atoms with E-state index in [0.717, 1.165) is 0 Å². The lowest BCUT2D eigenvalue weighted by atomic mass is 10.0. The smallest absolute Gasteiger partial charge is 0.148 e. The standard InChI is InChI=1S/C12H14ClF2N/c1-12(2)7(5-16)9(12)6-3-4-8(14)10(13)11(6)15/h3-4,7,9H,5,16H2,1-2H3. The van der Waals surface area contributed by atoms with E-state index in [0.29, 0.717) is 12.1 Å². The fraction of sp³-hybridized carbons (Fsp3) is 0.500. The maximum atomic E-state index is 13.8. The van der Waals surface area contributed by atoms with Crippen molar-refractivity contribution in [1.29, 1.82) is 0 Å². The van der Waals surface area contributed by atoms with E-state index in [2.05, 4.69) is 0 Å². The van der Waals surface area contributed by atoms with Gasteiger partial charge in [0, 0.05) is 0 Å². The Morgan fingerprint density at radius 3 is 2.50 bits per heavy atom. The van der Waals surface area contributed by atoms with E-state index < -0.39 is 16.7 Å². The van der Waals surface area contributed by atoms with Gasteiger partial charge in [0.15, 0.2) is 0 Å². The van der Waals surface area contributed by atoms with Crippen molar-refractivity contribution in [3.63, 3.8) is 0 Å². The molecule has 2 unspecified atom stereocenters. The second kappa shape index (κ2) is 3.67. The van der Waals surface area contributed by atoms with Crippen LogP contribution in [0.5, 0.6) is 0 Å². The normalized spacial score (nSPS) is 26.9. The second-order valence-electron chi connectivity index (χ2n) is 4.91. The van der Waals surface area contributed by atoms with Crippen LogP contribution in [0.3, 0.4) is 0 Å². The van der Waals surface area contributed by atoms with Gasteiger partial charge < -0.3 is 5.73 Å². The molecule has 2 atom stereocenters. The van der Waals surface area contributed by atoms with Crippen LogP contribution in [0.25, 0.3) is 0 Å². The average Bonchev–Trinajstić information content (AvgIpc) is 2.77. The molecule has 2 N–H and O–H groups in total. The van der Waals surface area contributed by atoms with Crippen LogP contribution in [0, 0.1) is 23.0 Å². The first kappa shape index (κ1) is 11.8. The van der Waals surface area contributed by atoms with Gasteiger partial charge in [-0.1, -0.05) is 31.5 Å². The predicted molar refractivity (Wildman–Crippen MR) is 60.4 cm³/mol. The summed E-state index contributed by atoms with van der Waals surface area (Å²) in [4.78, 5) is 0. The Balaban J connectivity index is 2.41. The van der Waals surface area contributed by atoms with Crippen molar-refractivity contribution in [2.45, 2.75) is 19.8 Å². The summed E-state index contributed by atoms with van der Waals surface area (Å²) in [5.74, 6) is -1.08. The SMILES string of the molecule is CC1(C)C(CN)C1c1ccc(F)c(Cl)c1F. The topological polar surface area (TPSA) is 26.0 Å². The van der Waals surface area contributed by atoms with Crippen molar-refractivity contribution in [2.24, 2.45) is 17.1 Å². The highest BCUT2D eigenvalue weighted by Crippen LogP contribution is 2.64. The van der Waals surface area contributed by atoms with Crippen LogP contribution in [-0.4, -0.2) is 6.54 Å². The first-order chi connectivity index (χ1) is 7.41. The molecule has 2 rings (SSSR count). The molecule has 0 spiro atoms. The second-order valence-corrected chi connectivity index (χ2v) is 5.28. The first-order valence-electron chi connectivity index (χ1n) is 5.24. The number of benzene rings is 1. The molecule has 0 amide bonds. The molecule has 1 aliphatic carbocycles. The molecule has 16 heavy (non-hydrogen) atoms. The van der Waals surface area contributed by atoms with Crippen LogP contribution in [0.15, 0.2) is 12.1 Å². The molecule has 4 heteroatoms. The van der Waals surface area contributed by atoms with Crippen molar-refractivity contribution >= 4 is 11.6 Å². The van der Waals surface area contributed by atoms with Crippen LogP contribution in [0.2, 0.25) is 5.02 Å². The van der Waals surface area contributed by atoms with Crippen LogP contribution in [-0.2, 0) is 0 Å². The summed E-state index contributed by atoms with van der Waals surface area (Å²) in [6.07, 6.45) is 0. The molecular formula is C12H14ClF2N. The molecular weight excluding hydrogens is 232 g/mol. The zero-order valence-electron chi connectivity index (χ0n) is 9.23. The maximum Gasteiger partial charge on any atom is 0.148 e. The zero-order valence-corrected chi connectivity index (χ0v) is 9.98. The highest BCUT2D eigenvalue weighted by molar-refractivity contribution is 6.31. The predicted octanol–water partition coefficient (Wildman–Crippen LogP) is 3.32. The fourth-order valence-electron chi connectivity index (χ4n) is 2.58. The molecule has 0 radical (unpaired) electrons. The van der Waals surface area contributed by atoms with Crippen LogP contribution < -0.4 is 5.73 Å². The van der Waals surface area contributed by atoms with Gasteiger partial charge in [0.05, 0.1) is 0 Å². The number of hydrogen-bond acceptors (Lipinski definition) is 1. The van der Waals surface area contributed by atoms with Crippen LogP contribution in [0.4, 0.5) is 8.78 Å². The van der Waals surface area contributed by atoms with Gasteiger partial charge in [-0.05, 0) is 35.4 Å². The third-order valence-corrected chi connectivity index (χ3v) is 4.05. The van der Waals surface area contributed by atoms with Crippen molar-refractivity contribution in [3.8, 4) is 0 Å². The van der Waals surface area contributed by atoms with E-state index in [1.54, 1.807) is 0 Å². The molecule has 0 saturated heterocycles. The van der Waals surface area contributed by atoms with Crippen molar-refractivity contribution < 1.29 is 8.78 Å². The quantitative estimate of drug-likeness (QED) is 0.795. The van der Waals surface area contributed by atoms with Crippen molar-refractivity contribution in [2.75, 3.05) is 6.54 Å². The molecule has 1 fully saturated rings. The maximum absolute atomic E-state index is 13.8. The summed E-state index contributed by atoms with van der Waals surface area (Å²) in [5, 5.41) is -0.420. The Kier molecular flexibility index (Phi) is 2.71. The van der Waals surface area contributed by atoms with Gasteiger partial charge in [0.2, 0.25) is 0 Å². The molecule has 1 nitrogen and oxygen atoms in total. The first-order valence-corrected chi connectivity index (χ1v) is 5.62. The number of rotatable bonds is 2. The molecule has 1 aromatic carbocycles. The fourth-order valence-corrected chi connectivity index (χ4v) is 2.75. The molecule has 1 aliphatic rings. The molecule has 0 heterocycles. The zero-order chi connectivity index (χ0) is 12.1. The van der Waals surface area contributed by atoms with Crippen molar-refractivity contribution in [1.82, 2.24) is 0 Å². The van der Waals surface area contributed by atoms with Crippen molar-refractivity contribution in [3.05, 3.63) is 34.4 Å². The summed E-state index contributed by atoms with van der Waals surface area (Å²) in [7, 11) is 0. The number of hydrogen-bond donors (Lipinski definition) is 1. The van der Waals surface area contributed by atoms with Crippen LogP contribution in [0.1, 0.15) is 25.3 Å². The summed E-state index contributed by atoms with van der Waals surface area (Å²) >= 11 is 5.56. The monoisotopic (exact) mass is 245 g/mol. The van der Waals surface area contributed by atoms with Gasteiger partial charge in [-0.3, -0.25) is 0 Å². The minimum Gasteiger partial charge on any atom is -0.330 e. The summed E-state index contributed by atoms with van der Waals surface area (Å²) in [6.45, 7) is 4.57. The minimum atomic E-state index is -0.717. The van der Waals surface area contributed by atoms with Gasteiger partial charge in [-0.15, -0.1) is 0 Å². The van der Waals surface area contributed by atoms with Gasteiger partial charge in [0.25, 0.3) is 0 Å². The highest BCUT2D eigenvalue weighted by Gasteiger charge is 2.58. The average molecular weight is 246 g/mol. The van der Waals surface area contributed by atoms with Gasteiger partial charge >= 0.3 is 0 Å². The molecule has 1 saturated carbocycles. The van der Waals surface area contributed by atoms with Gasteiger partial charge in [-0.2, -0.15) is 0 Å². The minimum absolute atomic E-state index is 0.0310. The number of halogens is 3. The van der Waals surface area contributed by atoms with E-state index in [1.807, 2.05) is 13.8 Å². The summed E-state index contributed by atoms with van der Waals surface area (Å²) < 4.78 is 26.8. The molecule has 1 aromatic rings. The Morgan fingerprint density at radius 1 is 1.38 bits per heavy atom. The van der Waals surface area contributed by atoms with Crippen LogP contribution >= 0.6 is 11.6 Å². The lowest BCUT2D eigenvalue weighted by Crippen LogP contribution is -2.05. The Bertz CT molecular complexity index is 431.